The second-order valence-corrected chi connectivity index (χ2v) is 5.73. The first-order chi connectivity index (χ1) is 10.5. The van der Waals surface area contributed by atoms with E-state index in [9.17, 15) is 14.7 Å². The summed E-state index contributed by atoms with van der Waals surface area (Å²) in [6, 6.07) is 9.76. The first-order valence-electron chi connectivity index (χ1n) is 7.26. The monoisotopic (exact) mass is 302 g/mol. The summed E-state index contributed by atoms with van der Waals surface area (Å²) in [7, 11) is 0. The minimum Gasteiger partial charge on any atom is -0.481 e. The summed E-state index contributed by atoms with van der Waals surface area (Å²) < 4.78 is 1.87. The smallest absolute Gasteiger partial charge is 0.303 e. The molecule has 1 amide bonds. The lowest BCUT2D eigenvalue weighted by atomic mass is 10.0. The van der Waals surface area contributed by atoms with Gasteiger partial charge in [-0.05, 0) is 17.5 Å². The zero-order valence-corrected chi connectivity index (χ0v) is 12.1. The summed E-state index contributed by atoms with van der Waals surface area (Å²) in [5, 5.41) is 19.8. The Kier molecular flexibility index (Phi) is 3.85. The molecule has 1 fully saturated rings. The van der Waals surface area contributed by atoms with Gasteiger partial charge in [-0.15, -0.1) is 0 Å². The summed E-state index contributed by atoms with van der Waals surface area (Å²) in [5.74, 6) is -1.44. The lowest BCUT2D eigenvalue weighted by molar-refractivity contribution is -0.139. The van der Waals surface area contributed by atoms with Crippen molar-refractivity contribution in [3.63, 3.8) is 0 Å². The van der Waals surface area contributed by atoms with Gasteiger partial charge in [0.1, 0.15) is 6.54 Å². The zero-order chi connectivity index (χ0) is 15.7. The Morgan fingerprint density at radius 3 is 2.73 bits per heavy atom. The van der Waals surface area contributed by atoms with Gasteiger partial charge in [0.15, 0.2) is 0 Å². The van der Waals surface area contributed by atoms with Crippen LogP contribution in [0.2, 0.25) is 0 Å². The molecule has 2 N–H and O–H groups in total. The molecule has 1 aliphatic heterocycles. The number of likely N-dealkylation sites (tertiary alicyclic amines) is 1. The van der Waals surface area contributed by atoms with E-state index in [1.54, 1.807) is 4.90 Å². The lowest BCUT2D eigenvalue weighted by Gasteiger charge is -2.16. The van der Waals surface area contributed by atoms with Crippen molar-refractivity contribution in [3.8, 4) is 0 Å². The largest absolute Gasteiger partial charge is 0.481 e. The Balaban J connectivity index is 1.69. The number of para-hydroxylation sites is 1. The fourth-order valence-electron chi connectivity index (χ4n) is 3.01. The molecule has 2 heterocycles. The van der Waals surface area contributed by atoms with Crippen LogP contribution in [-0.4, -0.2) is 50.8 Å². The summed E-state index contributed by atoms with van der Waals surface area (Å²) in [6.45, 7) is 0.696. The van der Waals surface area contributed by atoms with E-state index in [2.05, 4.69) is 0 Å². The first kappa shape index (κ1) is 14.6. The SMILES string of the molecule is O=C(O)C[C@@H]1CN(C(=O)Cn2ccc3ccccc32)C[C@H]1O. The van der Waals surface area contributed by atoms with Gasteiger partial charge in [-0.1, -0.05) is 18.2 Å². The first-order valence-corrected chi connectivity index (χ1v) is 7.26. The highest BCUT2D eigenvalue weighted by Gasteiger charge is 2.35. The van der Waals surface area contributed by atoms with Crippen molar-refractivity contribution in [2.45, 2.75) is 19.1 Å². The molecule has 6 heteroatoms. The van der Waals surface area contributed by atoms with Crippen LogP contribution in [0, 0.1) is 5.92 Å². The number of carboxylic acid groups (broad SMARTS) is 1. The van der Waals surface area contributed by atoms with Gasteiger partial charge in [-0.25, -0.2) is 0 Å². The van der Waals surface area contributed by atoms with E-state index in [1.165, 1.54) is 0 Å². The number of rotatable bonds is 4. The number of nitrogens with zero attached hydrogens (tertiary/aromatic N) is 2. The van der Waals surface area contributed by atoms with Crippen molar-refractivity contribution < 1.29 is 19.8 Å². The molecule has 1 aromatic carbocycles. The predicted octanol–water partition coefficient (Wildman–Crippen LogP) is 0.935. The van der Waals surface area contributed by atoms with E-state index in [0.29, 0.717) is 6.54 Å². The third-order valence-corrected chi connectivity index (χ3v) is 4.18. The van der Waals surface area contributed by atoms with Gasteiger partial charge in [-0.3, -0.25) is 9.59 Å². The molecule has 0 bridgehead atoms. The molecule has 1 saturated heterocycles. The molecular formula is C16H18N2O4. The normalized spacial score (nSPS) is 21.4. The molecule has 6 nitrogen and oxygen atoms in total. The molecule has 22 heavy (non-hydrogen) atoms. The highest BCUT2D eigenvalue weighted by atomic mass is 16.4. The van der Waals surface area contributed by atoms with E-state index in [-0.39, 0.29) is 31.3 Å². The molecule has 3 rings (SSSR count). The van der Waals surface area contributed by atoms with Crippen molar-refractivity contribution >= 4 is 22.8 Å². The van der Waals surface area contributed by atoms with E-state index in [1.807, 2.05) is 41.1 Å². The van der Waals surface area contributed by atoms with Crippen LogP contribution in [0.15, 0.2) is 36.5 Å². The molecule has 0 radical (unpaired) electrons. The van der Waals surface area contributed by atoms with E-state index in [4.69, 9.17) is 5.11 Å². The molecule has 1 aliphatic rings. The highest BCUT2D eigenvalue weighted by Crippen LogP contribution is 2.21. The highest BCUT2D eigenvalue weighted by molar-refractivity contribution is 5.83. The number of aliphatic hydroxyl groups is 1. The Morgan fingerprint density at radius 1 is 1.18 bits per heavy atom. The topological polar surface area (TPSA) is 82.8 Å². The van der Waals surface area contributed by atoms with Crippen LogP contribution < -0.4 is 0 Å². The van der Waals surface area contributed by atoms with Gasteiger partial charge < -0.3 is 19.7 Å². The van der Waals surface area contributed by atoms with Gasteiger partial charge in [0, 0.05) is 30.7 Å². The van der Waals surface area contributed by atoms with Crippen LogP contribution in [0.25, 0.3) is 10.9 Å². The summed E-state index contributed by atoms with van der Waals surface area (Å²) in [6.07, 6.45) is 0.989. The van der Waals surface area contributed by atoms with Crippen LogP contribution in [0.3, 0.4) is 0 Å². The van der Waals surface area contributed by atoms with E-state index in [0.717, 1.165) is 10.9 Å². The third-order valence-electron chi connectivity index (χ3n) is 4.18. The lowest BCUT2D eigenvalue weighted by Crippen LogP contribution is -2.32. The van der Waals surface area contributed by atoms with Gasteiger partial charge in [0.05, 0.1) is 12.5 Å². The number of aliphatic carboxylic acids is 1. The van der Waals surface area contributed by atoms with Crippen LogP contribution in [0.4, 0.5) is 0 Å². The quantitative estimate of drug-likeness (QED) is 0.880. The predicted molar refractivity (Wildman–Crippen MR) is 80.3 cm³/mol. The minimum absolute atomic E-state index is 0.103. The molecule has 0 saturated carbocycles. The number of carboxylic acids is 1. The van der Waals surface area contributed by atoms with Gasteiger partial charge in [0.2, 0.25) is 5.91 Å². The summed E-state index contributed by atoms with van der Waals surface area (Å²) in [4.78, 5) is 24.7. The molecule has 2 aromatic rings. The zero-order valence-electron chi connectivity index (χ0n) is 12.1. The van der Waals surface area contributed by atoms with Crippen molar-refractivity contribution in [2.24, 2.45) is 5.92 Å². The number of amides is 1. The van der Waals surface area contributed by atoms with Crippen molar-refractivity contribution in [3.05, 3.63) is 36.5 Å². The number of fused-ring (bicyclic) bond motifs is 1. The molecule has 0 spiro atoms. The third kappa shape index (κ3) is 2.82. The van der Waals surface area contributed by atoms with Crippen molar-refractivity contribution in [2.75, 3.05) is 13.1 Å². The van der Waals surface area contributed by atoms with E-state index < -0.39 is 12.1 Å². The minimum atomic E-state index is -0.949. The molecule has 1 aromatic heterocycles. The van der Waals surface area contributed by atoms with Crippen LogP contribution >= 0.6 is 0 Å². The molecule has 2 atom stereocenters. The maximum atomic E-state index is 12.4. The maximum Gasteiger partial charge on any atom is 0.303 e. The second kappa shape index (κ2) is 5.81. The number of hydrogen-bond donors (Lipinski definition) is 2. The average molecular weight is 302 g/mol. The molecule has 0 aliphatic carbocycles. The molecular weight excluding hydrogens is 284 g/mol. The van der Waals surface area contributed by atoms with E-state index >= 15 is 0 Å². The maximum absolute atomic E-state index is 12.4. The fraction of sp³-hybridized carbons (Fsp3) is 0.375. The average Bonchev–Trinajstić information content (AvgIpc) is 3.04. The molecule has 116 valence electrons. The number of carbonyl (C=O) groups excluding carboxylic acids is 1. The van der Waals surface area contributed by atoms with Crippen LogP contribution in [0.1, 0.15) is 6.42 Å². The Hall–Kier alpha value is -2.34. The Bertz CT molecular complexity index is 709. The van der Waals surface area contributed by atoms with Crippen LogP contribution in [-0.2, 0) is 16.1 Å². The van der Waals surface area contributed by atoms with Crippen molar-refractivity contribution in [1.29, 1.82) is 0 Å². The second-order valence-electron chi connectivity index (χ2n) is 5.73. The Morgan fingerprint density at radius 2 is 1.95 bits per heavy atom. The standard InChI is InChI=1S/C16H18N2O4/c19-14-9-18(8-12(14)7-16(21)22)15(20)10-17-6-5-11-3-1-2-4-13(11)17/h1-6,12,14,19H,7-10H2,(H,21,22)/t12-,14-/m1/s1. The number of aliphatic hydroxyl groups excluding tert-OH is 1. The van der Waals surface area contributed by atoms with Crippen molar-refractivity contribution in [1.82, 2.24) is 9.47 Å². The number of β-amino-alcohol motifs (C(OH)–C–C–N with tert-alkyl or cyclic N) is 1. The fourth-order valence-corrected chi connectivity index (χ4v) is 3.01. The summed E-state index contributed by atoms with van der Waals surface area (Å²) in [5.41, 5.74) is 0.984. The van der Waals surface area contributed by atoms with Gasteiger partial charge in [0.25, 0.3) is 0 Å². The van der Waals surface area contributed by atoms with Gasteiger partial charge in [-0.2, -0.15) is 0 Å². The van der Waals surface area contributed by atoms with Crippen LogP contribution in [0.5, 0.6) is 0 Å². The molecule has 0 unspecified atom stereocenters. The summed E-state index contributed by atoms with van der Waals surface area (Å²) >= 11 is 0. The number of benzene rings is 1. The number of hydrogen-bond acceptors (Lipinski definition) is 3. The van der Waals surface area contributed by atoms with Gasteiger partial charge >= 0.3 is 5.97 Å². The number of aromatic nitrogens is 1. The number of carbonyl (C=O) groups is 2. The Labute approximate surface area is 127 Å².